The van der Waals surface area contributed by atoms with E-state index < -0.39 is 0 Å². The summed E-state index contributed by atoms with van der Waals surface area (Å²) < 4.78 is 18.2. The highest BCUT2D eigenvalue weighted by Crippen LogP contribution is 2.26. The molecule has 0 aromatic heterocycles. The highest BCUT2D eigenvalue weighted by Gasteiger charge is 2.37. The van der Waals surface area contributed by atoms with E-state index in [9.17, 15) is 4.39 Å². The van der Waals surface area contributed by atoms with E-state index in [0.29, 0.717) is 6.54 Å². The first-order valence-corrected chi connectivity index (χ1v) is 6.72. The van der Waals surface area contributed by atoms with Gasteiger partial charge in [0.05, 0.1) is 13.2 Å². The first-order valence-electron chi connectivity index (χ1n) is 6.72. The Kier molecular flexibility index (Phi) is 4.23. The van der Waals surface area contributed by atoms with Crippen molar-refractivity contribution in [3.05, 3.63) is 35.6 Å². The number of halogens is 1. The van der Waals surface area contributed by atoms with Crippen LogP contribution in [0.15, 0.2) is 24.3 Å². The van der Waals surface area contributed by atoms with Crippen LogP contribution in [0.25, 0.3) is 0 Å². The first-order chi connectivity index (χ1) is 8.97. The molecule has 0 aliphatic carbocycles. The second-order valence-electron chi connectivity index (χ2n) is 6.19. The van der Waals surface area contributed by atoms with Gasteiger partial charge in [0.2, 0.25) is 0 Å². The smallest absolute Gasteiger partial charge is 0.123 e. The van der Waals surface area contributed by atoms with Gasteiger partial charge >= 0.3 is 0 Å². The number of ether oxygens (including phenoxy) is 1. The molecule has 0 saturated carbocycles. The number of benzene rings is 1. The molecule has 106 valence electrons. The normalized spacial score (nSPS) is 18.1. The van der Waals surface area contributed by atoms with Crippen molar-refractivity contribution >= 4 is 0 Å². The molecule has 0 atom stereocenters. The summed E-state index contributed by atoms with van der Waals surface area (Å²) in [4.78, 5) is 0. The van der Waals surface area contributed by atoms with E-state index in [0.717, 1.165) is 31.9 Å². The molecule has 1 heterocycles. The lowest BCUT2D eigenvalue weighted by atomic mass is 9.83. The fourth-order valence-corrected chi connectivity index (χ4v) is 2.33. The van der Waals surface area contributed by atoms with Gasteiger partial charge in [-0.05, 0) is 17.7 Å². The topological polar surface area (TPSA) is 47.3 Å². The third-order valence-corrected chi connectivity index (χ3v) is 3.94. The van der Waals surface area contributed by atoms with Crippen LogP contribution < -0.4 is 11.1 Å². The molecule has 0 amide bonds. The van der Waals surface area contributed by atoms with Gasteiger partial charge in [-0.25, -0.2) is 4.39 Å². The number of nitrogens with two attached hydrogens (primary N) is 1. The molecule has 0 unspecified atom stereocenters. The molecule has 0 spiro atoms. The molecule has 4 heteroatoms. The summed E-state index contributed by atoms with van der Waals surface area (Å²) >= 11 is 0. The van der Waals surface area contributed by atoms with E-state index in [4.69, 9.17) is 10.5 Å². The Labute approximate surface area is 114 Å². The molecule has 2 rings (SSSR count). The molecule has 1 aliphatic heterocycles. The van der Waals surface area contributed by atoms with Crippen LogP contribution in [0.2, 0.25) is 0 Å². The summed E-state index contributed by atoms with van der Waals surface area (Å²) in [6, 6.07) is 6.72. The zero-order valence-corrected chi connectivity index (χ0v) is 11.7. The summed E-state index contributed by atoms with van der Waals surface area (Å²) in [5.74, 6) is -0.193. The zero-order chi connectivity index (χ0) is 13.9. The Bertz CT molecular complexity index is 407. The van der Waals surface area contributed by atoms with Crippen LogP contribution in [-0.2, 0) is 10.2 Å². The third kappa shape index (κ3) is 3.32. The van der Waals surface area contributed by atoms with Crippen molar-refractivity contribution < 1.29 is 9.13 Å². The Hall–Kier alpha value is -0.970. The summed E-state index contributed by atoms with van der Waals surface area (Å²) in [7, 11) is 0. The van der Waals surface area contributed by atoms with E-state index in [1.54, 1.807) is 0 Å². The maximum absolute atomic E-state index is 12.9. The highest BCUT2D eigenvalue weighted by molar-refractivity contribution is 5.24. The van der Waals surface area contributed by atoms with Crippen molar-refractivity contribution in [3.8, 4) is 0 Å². The second-order valence-corrected chi connectivity index (χ2v) is 6.19. The quantitative estimate of drug-likeness (QED) is 0.823. The lowest BCUT2D eigenvalue weighted by Gasteiger charge is -2.41. The predicted octanol–water partition coefficient (Wildman–Crippen LogP) is 1.67. The van der Waals surface area contributed by atoms with Crippen molar-refractivity contribution in [2.45, 2.75) is 19.3 Å². The van der Waals surface area contributed by atoms with E-state index in [-0.39, 0.29) is 16.6 Å². The zero-order valence-electron chi connectivity index (χ0n) is 11.7. The fraction of sp³-hybridized carbons (Fsp3) is 0.600. The molecule has 3 N–H and O–H groups in total. The van der Waals surface area contributed by atoms with Crippen LogP contribution in [0.4, 0.5) is 4.39 Å². The number of rotatable bonds is 6. The molecule has 1 saturated heterocycles. The minimum absolute atomic E-state index is 0.0336. The molecule has 1 aromatic rings. The molecule has 1 aromatic carbocycles. The maximum atomic E-state index is 12.9. The fourth-order valence-electron chi connectivity index (χ4n) is 2.33. The first kappa shape index (κ1) is 14.4. The monoisotopic (exact) mass is 266 g/mol. The summed E-state index contributed by atoms with van der Waals surface area (Å²) in [5, 5.41) is 3.48. The molecular formula is C15H23FN2O. The molecule has 19 heavy (non-hydrogen) atoms. The van der Waals surface area contributed by atoms with Crippen LogP contribution >= 0.6 is 0 Å². The standard InChI is InChI=1S/C15H23FN2O/c1-14(2,12-3-5-13(16)6-4-12)8-18-9-15(7-17)10-19-11-15/h3-6,18H,7-11,17H2,1-2H3. The van der Waals surface area contributed by atoms with Crippen molar-refractivity contribution in [1.82, 2.24) is 5.32 Å². The lowest BCUT2D eigenvalue weighted by Crippen LogP contribution is -2.55. The van der Waals surface area contributed by atoms with Crippen LogP contribution in [-0.4, -0.2) is 32.8 Å². The Balaban J connectivity index is 1.88. The van der Waals surface area contributed by atoms with E-state index in [1.807, 2.05) is 12.1 Å². The van der Waals surface area contributed by atoms with Crippen LogP contribution in [0.3, 0.4) is 0 Å². The lowest BCUT2D eigenvalue weighted by molar-refractivity contribution is -0.105. The van der Waals surface area contributed by atoms with Gasteiger partial charge in [-0.3, -0.25) is 0 Å². The number of nitrogens with one attached hydrogen (secondary N) is 1. The molecular weight excluding hydrogens is 243 g/mol. The van der Waals surface area contributed by atoms with Gasteiger partial charge in [0.25, 0.3) is 0 Å². The molecule has 1 aliphatic rings. The van der Waals surface area contributed by atoms with Crippen molar-refractivity contribution in [3.63, 3.8) is 0 Å². The van der Waals surface area contributed by atoms with Gasteiger partial charge in [-0.15, -0.1) is 0 Å². The van der Waals surface area contributed by atoms with Crippen LogP contribution in [0, 0.1) is 11.2 Å². The van der Waals surface area contributed by atoms with Gasteiger partial charge < -0.3 is 15.8 Å². The van der Waals surface area contributed by atoms with Crippen LogP contribution in [0.5, 0.6) is 0 Å². The van der Waals surface area contributed by atoms with Gasteiger partial charge in [-0.2, -0.15) is 0 Å². The van der Waals surface area contributed by atoms with E-state index in [1.165, 1.54) is 12.1 Å². The van der Waals surface area contributed by atoms with Gasteiger partial charge in [0, 0.05) is 30.5 Å². The third-order valence-electron chi connectivity index (χ3n) is 3.94. The van der Waals surface area contributed by atoms with Crippen LogP contribution in [0.1, 0.15) is 19.4 Å². The highest BCUT2D eigenvalue weighted by atomic mass is 19.1. The summed E-state index contributed by atoms with van der Waals surface area (Å²) in [6.45, 7) is 8.14. The van der Waals surface area contributed by atoms with Gasteiger partial charge in [0.15, 0.2) is 0 Å². The van der Waals surface area contributed by atoms with E-state index in [2.05, 4.69) is 19.2 Å². The SMILES string of the molecule is CC(C)(CNCC1(CN)COC1)c1ccc(F)cc1. The molecule has 0 radical (unpaired) electrons. The molecule has 1 fully saturated rings. The van der Waals surface area contributed by atoms with Crippen molar-refractivity contribution in [1.29, 1.82) is 0 Å². The maximum Gasteiger partial charge on any atom is 0.123 e. The Morgan fingerprint density at radius 1 is 1.32 bits per heavy atom. The Morgan fingerprint density at radius 2 is 1.95 bits per heavy atom. The average molecular weight is 266 g/mol. The number of hydrogen-bond donors (Lipinski definition) is 2. The van der Waals surface area contributed by atoms with Gasteiger partial charge in [0.1, 0.15) is 5.82 Å². The number of hydrogen-bond acceptors (Lipinski definition) is 3. The molecule has 0 bridgehead atoms. The Morgan fingerprint density at radius 3 is 2.42 bits per heavy atom. The summed E-state index contributed by atoms with van der Waals surface area (Å²) in [5.41, 5.74) is 6.99. The predicted molar refractivity (Wildman–Crippen MR) is 74.6 cm³/mol. The largest absolute Gasteiger partial charge is 0.380 e. The van der Waals surface area contributed by atoms with Crippen molar-refractivity contribution in [2.75, 3.05) is 32.8 Å². The second kappa shape index (κ2) is 5.57. The summed E-state index contributed by atoms with van der Waals surface area (Å²) in [6.07, 6.45) is 0. The van der Waals surface area contributed by atoms with Crippen molar-refractivity contribution in [2.24, 2.45) is 11.1 Å². The van der Waals surface area contributed by atoms with E-state index >= 15 is 0 Å². The minimum atomic E-state index is -0.193. The average Bonchev–Trinajstić information content (AvgIpc) is 2.33. The van der Waals surface area contributed by atoms with Gasteiger partial charge in [-0.1, -0.05) is 26.0 Å². The minimum Gasteiger partial charge on any atom is -0.380 e. The molecule has 3 nitrogen and oxygen atoms in total.